The summed E-state index contributed by atoms with van der Waals surface area (Å²) in [4.78, 5) is 4.57. The topological polar surface area (TPSA) is 69.4 Å². The first kappa shape index (κ1) is 16.8. The molecule has 2 aromatic carbocycles. The van der Waals surface area contributed by atoms with Crippen molar-refractivity contribution >= 4 is 0 Å². The van der Waals surface area contributed by atoms with Crippen LogP contribution in [0.3, 0.4) is 0 Å². The normalized spacial score (nSPS) is 20.0. The van der Waals surface area contributed by atoms with Crippen molar-refractivity contribution in [3.05, 3.63) is 66.1 Å². The van der Waals surface area contributed by atoms with E-state index in [-0.39, 0.29) is 12.1 Å². The SMILES string of the molecule is C[C@H]1OCCN[C@@H]1c1nc(-c2ccccc2OCc2ccccc2)no1. The van der Waals surface area contributed by atoms with Crippen LogP contribution in [0.15, 0.2) is 59.1 Å². The van der Waals surface area contributed by atoms with E-state index in [0.717, 1.165) is 23.4 Å². The van der Waals surface area contributed by atoms with Crippen molar-refractivity contribution in [3.63, 3.8) is 0 Å². The zero-order chi connectivity index (χ0) is 17.8. The van der Waals surface area contributed by atoms with E-state index >= 15 is 0 Å². The second-order valence-electron chi connectivity index (χ2n) is 6.23. The van der Waals surface area contributed by atoms with Crippen LogP contribution in [0.2, 0.25) is 0 Å². The molecule has 6 heteroatoms. The Morgan fingerprint density at radius 2 is 1.92 bits per heavy atom. The quantitative estimate of drug-likeness (QED) is 0.760. The maximum Gasteiger partial charge on any atom is 0.246 e. The van der Waals surface area contributed by atoms with Gasteiger partial charge in [-0.1, -0.05) is 47.6 Å². The molecule has 0 unspecified atom stereocenters. The highest BCUT2D eigenvalue weighted by Gasteiger charge is 2.29. The Bertz CT molecular complexity index is 850. The number of morpholine rings is 1. The smallest absolute Gasteiger partial charge is 0.246 e. The standard InChI is InChI=1S/C20H21N3O3/c1-14-18(21-11-12-24-14)20-22-19(23-26-20)16-9-5-6-10-17(16)25-13-15-7-3-2-4-8-15/h2-10,14,18,21H,11-13H2,1H3/t14-,18+/m1/s1. The minimum absolute atomic E-state index is 0.0124. The maximum atomic E-state index is 5.99. The third-order valence-corrected chi connectivity index (χ3v) is 4.39. The molecule has 1 saturated heterocycles. The fourth-order valence-electron chi connectivity index (χ4n) is 2.99. The van der Waals surface area contributed by atoms with E-state index in [0.29, 0.717) is 24.9 Å². The molecule has 0 bridgehead atoms. The zero-order valence-electron chi connectivity index (χ0n) is 14.6. The number of nitrogens with one attached hydrogen (secondary N) is 1. The van der Waals surface area contributed by atoms with Gasteiger partial charge in [0.15, 0.2) is 0 Å². The number of nitrogens with zero attached hydrogens (tertiary/aromatic N) is 2. The predicted molar refractivity (Wildman–Crippen MR) is 96.7 cm³/mol. The summed E-state index contributed by atoms with van der Waals surface area (Å²) < 4.78 is 17.1. The monoisotopic (exact) mass is 351 g/mol. The van der Waals surface area contributed by atoms with E-state index in [1.807, 2.05) is 61.5 Å². The molecule has 0 saturated carbocycles. The first-order valence-electron chi connectivity index (χ1n) is 8.76. The van der Waals surface area contributed by atoms with Crippen LogP contribution >= 0.6 is 0 Å². The van der Waals surface area contributed by atoms with Crippen LogP contribution in [0.25, 0.3) is 11.4 Å². The first-order valence-corrected chi connectivity index (χ1v) is 8.76. The number of hydrogen-bond acceptors (Lipinski definition) is 6. The molecule has 26 heavy (non-hydrogen) atoms. The summed E-state index contributed by atoms with van der Waals surface area (Å²) >= 11 is 0. The van der Waals surface area contributed by atoms with Crippen molar-refractivity contribution < 1.29 is 14.0 Å². The second-order valence-corrected chi connectivity index (χ2v) is 6.23. The molecule has 1 aliphatic heterocycles. The highest BCUT2D eigenvalue weighted by Crippen LogP contribution is 2.30. The van der Waals surface area contributed by atoms with Crippen LogP contribution in [0, 0.1) is 0 Å². The number of ether oxygens (including phenoxy) is 2. The average Bonchev–Trinajstić information content (AvgIpc) is 3.17. The fraction of sp³-hybridized carbons (Fsp3) is 0.300. The van der Waals surface area contributed by atoms with E-state index in [2.05, 4.69) is 15.5 Å². The molecule has 3 aromatic rings. The van der Waals surface area contributed by atoms with Crippen molar-refractivity contribution in [2.45, 2.75) is 25.7 Å². The van der Waals surface area contributed by atoms with Gasteiger partial charge < -0.3 is 19.3 Å². The van der Waals surface area contributed by atoms with Crippen molar-refractivity contribution in [1.82, 2.24) is 15.5 Å². The summed E-state index contributed by atoms with van der Waals surface area (Å²) in [5.74, 6) is 1.78. The lowest BCUT2D eigenvalue weighted by molar-refractivity contribution is -0.00136. The molecule has 4 rings (SSSR count). The van der Waals surface area contributed by atoms with E-state index < -0.39 is 0 Å². The van der Waals surface area contributed by atoms with Gasteiger partial charge in [-0.25, -0.2) is 0 Å². The summed E-state index contributed by atoms with van der Waals surface area (Å²) in [6, 6.07) is 17.7. The van der Waals surface area contributed by atoms with Crippen molar-refractivity contribution in [3.8, 4) is 17.1 Å². The molecule has 1 aromatic heterocycles. The molecule has 134 valence electrons. The van der Waals surface area contributed by atoms with E-state index in [1.54, 1.807) is 0 Å². The number of benzene rings is 2. The predicted octanol–water partition coefficient (Wildman–Crippen LogP) is 3.37. The van der Waals surface area contributed by atoms with Gasteiger partial charge in [0.25, 0.3) is 0 Å². The molecule has 2 atom stereocenters. The summed E-state index contributed by atoms with van der Waals surface area (Å²) in [7, 11) is 0. The van der Waals surface area contributed by atoms with E-state index in [4.69, 9.17) is 14.0 Å². The first-order chi connectivity index (χ1) is 12.8. The number of rotatable bonds is 5. The van der Waals surface area contributed by atoms with E-state index in [1.165, 1.54) is 0 Å². The summed E-state index contributed by atoms with van der Waals surface area (Å²) in [5.41, 5.74) is 1.91. The van der Waals surface area contributed by atoms with Crippen molar-refractivity contribution in [2.24, 2.45) is 0 Å². The Labute approximate surface area is 152 Å². The zero-order valence-corrected chi connectivity index (χ0v) is 14.6. The minimum atomic E-state index is -0.0950. The largest absolute Gasteiger partial charge is 0.488 e. The minimum Gasteiger partial charge on any atom is -0.488 e. The van der Waals surface area contributed by atoms with Crippen molar-refractivity contribution in [2.75, 3.05) is 13.2 Å². The number of hydrogen-bond donors (Lipinski definition) is 1. The highest BCUT2D eigenvalue weighted by molar-refractivity contribution is 5.63. The Balaban J connectivity index is 1.54. The summed E-state index contributed by atoms with van der Waals surface area (Å²) in [6.45, 7) is 3.94. The molecule has 1 aliphatic rings. The Kier molecular flexibility index (Phi) is 4.95. The molecule has 1 fully saturated rings. The van der Waals surface area contributed by atoms with Gasteiger partial charge in [0.2, 0.25) is 11.7 Å². The Morgan fingerprint density at radius 1 is 1.12 bits per heavy atom. The van der Waals surface area contributed by atoms with Crippen LogP contribution in [-0.4, -0.2) is 29.4 Å². The molecule has 0 spiro atoms. The molecule has 0 radical (unpaired) electrons. The summed E-state index contributed by atoms with van der Waals surface area (Å²) in [6.07, 6.45) is -0.0124. The van der Waals surface area contributed by atoms with Gasteiger partial charge in [-0.05, 0) is 24.6 Å². The average molecular weight is 351 g/mol. The van der Waals surface area contributed by atoms with Crippen LogP contribution in [-0.2, 0) is 11.3 Å². The van der Waals surface area contributed by atoms with Gasteiger partial charge in [0.1, 0.15) is 18.4 Å². The highest BCUT2D eigenvalue weighted by atomic mass is 16.5. The third kappa shape index (κ3) is 3.61. The van der Waals surface area contributed by atoms with Gasteiger partial charge in [0, 0.05) is 6.54 Å². The molecule has 0 amide bonds. The molecule has 6 nitrogen and oxygen atoms in total. The molecule has 2 heterocycles. The molecule has 1 N–H and O–H groups in total. The number of aromatic nitrogens is 2. The van der Waals surface area contributed by atoms with Crippen LogP contribution in [0.4, 0.5) is 0 Å². The van der Waals surface area contributed by atoms with Gasteiger partial charge in [0.05, 0.1) is 18.3 Å². The van der Waals surface area contributed by atoms with Crippen LogP contribution < -0.4 is 10.1 Å². The second kappa shape index (κ2) is 7.68. The number of para-hydroxylation sites is 1. The van der Waals surface area contributed by atoms with Crippen LogP contribution in [0.1, 0.15) is 24.4 Å². The Morgan fingerprint density at radius 3 is 2.77 bits per heavy atom. The molecular weight excluding hydrogens is 330 g/mol. The van der Waals surface area contributed by atoms with Crippen molar-refractivity contribution in [1.29, 1.82) is 0 Å². The lowest BCUT2D eigenvalue weighted by Crippen LogP contribution is -2.40. The van der Waals surface area contributed by atoms with Gasteiger partial charge in [-0.3, -0.25) is 0 Å². The lowest BCUT2D eigenvalue weighted by Gasteiger charge is -2.27. The van der Waals surface area contributed by atoms with Gasteiger partial charge in [-0.15, -0.1) is 0 Å². The van der Waals surface area contributed by atoms with Gasteiger partial charge in [-0.2, -0.15) is 4.98 Å². The van der Waals surface area contributed by atoms with E-state index in [9.17, 15) is 0 Å². The van der Waals surface area contributed by atoms with Gasteiger partial charge >= 0.3 is 0 Å². The maximum absolute atomic E-state index is 5.99. The molecular formula is C20H21N3O3. The summed E-state index contributed by atoms with van der Waals surface area (Å²) in [5, 5.41) is 7.51. The third-order valence-electron chi connectivity index (χ3n) is 4.39. The molecule has 0 aliphatic carbocycles. The Hall–Kier alpha value is -2.70. The van der Waals surface area contributed by atoms with Crippen LogP contribution in [0.5, 0.6) is 5.75 Å². The fourth-order valence-corrected chi connectivity index (χ4v) is 2.99. The lowest BCUT2D eigenvalue weighted by atomic mass is 10.1.